The van der Waals surface area contributed by atoms with Crippen LogP contribution in [0.4, 0.5) is 4.39 Å². The fourth-order valence-electron chi connectivity index (χ4n) is 2.79. The van der Waals surface area contributed by atoms with E-state index in [4.69, 9.17) is 4.74 Å². The summed E-state index contributed by atoms with van der Waals surface area (Å²) in [6.45, 7) is 1.24. The molecule has 1 aliphatic heterocycles. The molecule has 2 aromatic rings. The summed E-state index contributed by atoms with van der Waals surface area (Å²) < 4.78 is 69.8. The van der Waals surface area contributed by atoms with E-state index in [2.05, 4.69) is 0 Å². The molecule has 1 aliphatic rings. The molecule has 1 saturated heterocycles. The Morgan fingerprint density at radius 2 is 1.65 bits per heavy atom. The summed E-state index contributed by atoms with van der Waals surface area (Å²) in [6.07, 6.45) is 0. The van der Waals surface area contributed by atoms with E-state index in [9.17, 15) is 21.2 Å². The number of hydrogen-bond donors (Lipinski definition) is 0. The smallest absolute Gasteiger partial charge is 0.243 e. The first kappa shape index (κ1) is 18.8. The number of sulfonamides is 1. The highest BCUT2D eigenvalue weighted by Gasteiger charge is 2.44. The predicted molar refractivity (Wildman–Crippen MR) is 93.9 cm³/mol. The van der Waals surface area contributed by atoms with E-state index in [0.717, 1.165) is 16.4 Å². The summed E-state index contributed by atoms with van der Waals surface area (Å²) in [5, 5.41) is -0.813. The van der Waals surface area contributed by atoms with Crippen LogP contribution in [0.2, 0.25) is 0 Å². The molecular formula is C17H18FNO5S2. The zero-order valence-electron chi connectivity index (χ0n) is 14.2. The summed E-state index contributed by atoms with van der Waals surface area (Å²) in [7, 11) is -6.01. The number of ether oxygens (including phenoxy) is 1. The molecule has 0 unspecified atom stereocenters. The molecule has 140 valence electrons. The van der Waals surface area contributed by atoms with Crippen molar-refractivity contribution in [3.05, 3.63) is 53.8 Å². The Hall–Kier alpha value is -1.97. The van der Waals surface area contributed by atoms with Gasteiger partial charge in [-0.25, -0.2) is 21.2 Å². The Balaban J connectivity index is 1.78. The molecule has 9 heteroatoms. The normalized spacial score (nSPS) is 16.3. The van der Waals surface area contributed by atoms with E-state index in [-0.39, 0.29) is 28.4 Å². The van der Waals surface area contributed by atoms with Crippen LogP contribution < -0.4 is 4.74 Å². The molecule has 1 fully saturated rings. The number of sulfone groups is 1. The maximum absolute atomic E-state index is 13.2. The van der Waals surface area contributed by atoms with Gasteiger partial charge in [0.15, 0.2) is 9.84 Å². The standard InChI is InChI=1S/C17H18FNO5S2/c1-12-9-13(18)3-8-17(12)26(22,23)19-10-16(11-19)25(20,21)15-6-4-14(24-2)5-7-15/h3-9,16H,10-11H2,1-2H3. The average molecular weight is 399 g/mol. The Morgan fingerprint density at radius 1 is 1.04 bits per heavy atom. The fourth-order valence-corrected chi connectivity index (χ4v) is 6.37. The van der Waals surface area contributed by atoms with E-state index in [1.54, 1.807) is 12.1 Å². The minimum atomic E-state index is -3.85. The Kier molecular flexibility index (Phi) is 4.80. The number of hydrogen-bond acceptors (Lipinski definition) is 5. The molecule has 0 aromatic heterocycles. The topological polar surface area (TPSA) is 80.8 Å². The molecule has 6 nitrogen and oxygen atoms in total. The lowest BCUT2D eigenvalue weighted by Gasteiger charge is -2.37. The number of aryl methyl sites for hydroxylation is 1. The van der Waals surface area contributed by atoms with Gasteiger partial charge in [-0.15, -0.1) is 0 Å². The molecule has 0 N–H and O–H groups in total. The third-order valence-corrected chi connectivity index (χ3v) is 8.49. The van der Waals surface area contributed by atoms with Gasteiger partial charge in [0.25, 0.3) is 0 Å². The lowest BCUT2D eigenvalue weighted by atomic mass is 10.2. The van der Waals surface area contributed by atoms with Crippen LogP contribution in [0.5, 0.6) is 5.75 Å². The van der Waals surface area contributed by atoms with Crippen molar-refractivity contribution in [1.82, 2.24) is 4.31 Å². The molecule has 2 aromatic carbocycles. The van der Waals surface area contributed by atoms with Crippen LogP contribution in [0.15, 0.2) is 52.3 Å². The third-order valence-electron chi connectivity index (χ3n) is 4.40. The van der Waals surface area contributed by atoms with Gasteiger partial charge in [0.05, 0.1) is 22.2 Å². The molecule has 0 saturated carbocycles. The van der Waals surface area contributed by atoms with Crippen molar-refractivity contribution in [2.75, 3.05) is 20.2 Å². The molecule has 0 atom stereocenters. The number of halogens is 1. The number of methoxy groups -OCH3 is 1. The highest BCUT2D eigenvalue weighted by molar-refractivity contribution is 7.92. The lowest BCUT2D eigenvalue weighted by molar-refractivity contribution is 0.309. The lowest BCUT2D eigenvalue weighted by Crippen LogP contribution is -2.56. The zero-order valence-corrected chi connectivity index (χ0v) is 15.8. The van der Waals surface area contributed by atoms with Crippen molar-refractivity contribution in [3.8, 4) is 5.75 Å². The summed E-state index contributed by atoms with van der Waals surface area (Å²) in [5.41, 5.74) is 0.284. The monoisotopic (exact) mass is 399 g/mol. The van der Waals surface area contributed by atoms with Crippen LogP contribution in [0.3, 0.4) is 0 Å². The van der Waals surface area contributed by atoms with E-state index in [1.807, 2.05) is 0 Å². The largest absolute Gasteiger partial charge is 0.497 e. The maximum Gasteiger partial charge on any atom is 0.243 e. The van der Waals surface area contributed by atoms with Gasteiger partial charge in [-0.1, -0.05) is 0 Å². The van der Waals surface area contributed by atoms with E-state index < -0.39 is 30.9 Å². The molecule has 0 spiro atoms. The van der Waals surface area contributed by atoms with E-state index in [1.165, 1.54) is 32.2 Å². The minimum Gasteiger partial charge on any atom is -0.497 e. The first-order chi connectivity index (χ1) is 12.2. The maximum atomic E-state index is 13.2. The minimum absolute atomic E-state index is 0.0146. The molecule has 0 radical (unpaired) electrons. The second-order valence-corrected chi connectivity index (χ2v) is 10.2. The first-order valence-electron chi connectivity index (χ1n) is 7.80. The van der Waals surface area contributed by atoms with Gasteiger partial charge in [-0.05, 0) is 55.0 Å². The fraction of sp³-hybridized carbons (Fsp3) is 0.294. The third kappa shape index (κ3) is 3.22. The molecule has 26 heavy (non-hydrogen) atoms. The summed E-state index contributed by atoms with van der Waals surface area (Å²) >= 11 is 0. The van der Waals surface area contributed by atoms with Gasteiger partial charge in [0.2, 0.25) is 10.0 Å². The van der Waals surface area contributed by atoms with E-state index in [0.29, 0.717) is 5.75 Å². The van der Waals surface area contributed by atoms with Crippen molar-refractivity contribution in [1.29, 1.82) is 0 Å². The van der Waals surface area contributed by atoms with Gasteiger partial charge < -0.3 is 4.74 Å². The Morgan fingerprint density at radius 3 is 2.19 bits per heavy atom. The molecule has 1 heterocycles. The average Bonchev–Trinajstić information content (AvgIpc) is 2.52. The zero-order chi connectivity index (χ0) is 19.1. The van der Waals surface area contributed by atoms with Gasteiger partial charge in [0.1, 0.15) is 11.6 Å². The highest BCUT2D eigenvalue weighted by Crippen LogP contribution is 2.30. The Labute approximate surface area is 152 Å². The van der Waals surface area contributed by atoms with Crippen LogP contribution in [-0.2, 0) is 19.9 Å². The van der Waals surface area contributed by atoms with Crippen LogP contribution in [0.25, 0.3) is 0 Å². The van der Waals surface area contributed by atoms with Gasteiger partial charge in [-0.3, -0.25) is 0 Å². The summed E-state index contributed by atoms with van der Waals surface area (Å²) in [5.74, 6) is 0.0126. The summed E-state index contributed by atoms with van der Waals surface area (Å²) in [6, 6.07) is 9.38. The van der Waals surface area contributed by atoms with E-state index >= 15 is 0 Å². The van der Waals surface area contributed by atoms with Crippen LogP contribution in [-0.4, -0.2) is 46.6 Å². The number of nitrogens with zero attached hydrogens (tertiary/aromatic N) is 1. The van der Waals surface area contributed by atoms with Crippen LogP contribution >= 0.6 is 0 Å². The van der Waals surface area contributed by atoms with Gasteiger partial charge in [0, 0.05) is 13.1 Å². The first-order valence-corrected chi connectivity index (χ1v) is 10.8. The van der Waals surface area contributed by atoms with Crippen molar-refractivity contribution in [3.63, 3.8) is 0 Å². The Bertz CT molecular complexity index is 1030. The SMILES string of the molecule is COc1ccc(S(=O)(=O)C2CN(S(=O)(=O)c3ccc(F)cc3C)C2)cc1. The van der Waals surface area contributed by atoms with Crippen molar-refractivity contribution < 1.29 is 26.0 Å². The molecular weight excluding hydrogens is 381 g/mol. The van der Waals surface area contributed by atoms with Crippen LogP contribution in [0, 0.1) is 12.7 Å². The predicted octanol–water partition coefficient (Wildman–Crippen LogP) is 1.99. The second-order valence-electron chi connectivity index (χ2n) is 6.07. The summed E-state index contributed by atoms with van der Waals surface area (Å²) in [4.78, 5) is 0.109. The van der Waals surface area contributed by atoms with Gasteiger partial charge in [-0.2, -0.15) is 4.31 Å². The van der Waals surface area contributed by atoms with Gasteiger partial charge >= 0.3 is 0 Å². The van der Waals surface area contributed by atoms with Crippen LogP contribution in [0.1, 0.15) is 5.56 Å². The quantitative estimate of drug-likeness (QED) is 0.768. The van der Waals surface area contributed by atoms with Crippen molar-refractivity contribution in [2.24, 2.45) is 0 Å². The number of benzene rings is 2. The molecule has 0 aliphatic carbocycles. The number of rotatable bonds is 5. The van der Waals surface area contributed by atoms with Crippen molar-refractivity contribution in [2.45, 2.75) is 22.0 Å². The molecule has 3 rings (SSSR count). The molecule has 0 bridgehead atoms. The molecule has 0 amide bonds. The second kappa shape index (κ2) is 6.64. The highest BCUT2D eigenvalue weighted by atomic mass is 32.2. The van der Waals surface area contributed by atoms with Crippen molar-refractivity contribution >= 4 is 19.9 Å².